The number of halogens is 1. The summed E-state index contributed by atoms with van der Waals surface area (Å²) in [6.45, 7) is 3.85. The van der Waals surface area contributed by atoms with E-state index in [4.69, 9.17) is 5.26 Å². The summed E-state index contributed by atoms with van der Waals surface area (Å²) >= 11 is 0. The van der Waals surface area contributed by atoms with Crippen molar-refractivity contribution in [2.24, 2.45) is 11.8 Å². The molecule has 0 heterocycles. The van der Waals surface area contributed by atoms with Crippen LogP contribution < -0.4 is 0 Å². The third-order valence-corrected chi connectivity index (χ3v) is 7.20. The molecule has 0 amide bonds. The number of hydrogen-bond acceptors (Lipinski definition) is 1. The van der Waals surface area contributed by atoms with E-state index >= 15 is 0 Å². The second-order valence-corrected chi connectivity index (χ2v) is 9.62. The molecule has 1 aliphatic carbocycles. The lowest BCUT2D eigenvalue weighted by atomic mass is 9.78. The Bertz CT molecular complexity index is 1230. The van der Waals surface area contributed by atoms with E-state index in [2.05, 4.69) is 60.9 Å². The summed E-state index contributed by atoms with van der Waals surface area (Å²) in [6, 6.07) is 23.3. The molecule has 0 N–H and O–H groups in total. The summed E-state index contributed by atoms with van der Waals surface area (Å²) in [7, 11) is 0. The zero-order chi connectivity index (χ0) is 24.5. The van der Waals surface area contributed by atoms with Crippen LogP contribution in [0.3, 0.4) is 0 Å². The monoisotopic (exact) mass is 461 g/mol. The Morgan fingerprint density at radius 3 is 1.97 bits per heavy atom. The van der Waals surface area contributed by atoms with Crippen LogP contribution in [0.25, 0.3) is 11.1 Å². The summed E-state index contributed by atoms with van der Waals surface area (Å²) in [5.74, 6) is 7.30. The minimum Gasteiger partial charge on any atom is -0.206 e. The normalized spacial score (nSPS) is 17.1. The molecule has 1 fully saturated rings. The highest BCUT2D eigenvalue weighted by molar-refractivity contribution is 5.64. The van der Waals surface area contributed by atoms with E-state index in [0.717, 1.165) is 35.8 Å². The second kappa shape index (κ2) is 12.2. The van der Waals surface area contributed by atoms with Gasteiger partial charge in [-0.15, -0.1) is 6.58 Å². The highest BCUT2D eigenvalue weighted by Gasteiger charge is 2.20. The summed E-state index contributed by atoms with van der Waals surface area (Å²) < 4.78 is 13.7. The summed E-state index contributed by atoms with van der Waals surface area (Å²) in [4.78, 5) is 0. The second-order valence-electron chi connectivity index (χ2n) is 9.62. The lowest BCUT2D eigenvalue weighted by Gasteiger charge is -2.28. The summed E-state index contributed by atoms with van der Waals surface area (Å²) in [5.41, 5.74) is 5.23. The Morgan fingerprint density at radius 2 is 1.37 bits per heavy atom. The predicted octanol–water partition coefficient (Wildman–Crippen LogP) is 8.47. The number of allylic oxidation sites excluding steroid dienone is 1. The molecule has 176 valence electrons. The van der Waals surface area contributed by atoms with Crippen molar-refractivity contribution in [2.75, 3.05) is 0 Å². The maximum atomic E-state index is 13.7. The molecule has 1 nitrogen and oxygen atoms in total. The quantitative estimate of drug-likeness (QED) is 0.256. The molecule has 2 heteroatoms. The van der Waals surface area contributed by atoms with Gasteiger partial charge in [-0.2, -0.15) is 5.26 Å². The van der Waals surface area contributed by atoms with Crippen molar-refractivity contribution >= 4 is 0 Å². The van der Waals surface area contributed by atoms with Gasteiger partial charge in [0.15, 0.2) is 0 Å². The predicted molar refractivity (Wildman–Crippen MR) is 142 cm³/mol. The lowest BCUT2D eigenvalue weighted by Crippen LogP contribution is -2.15. The Labute approximate surface area is 209 Å². The minimum absolute atomic E-state index is 0.0351. The average molecular weight is 462 g/mol. The first-order valence-corrected chi connectivity index (χ1v) is 12.7. The topological polar surface area (TPSA) is 23.8 Å². The molecule has 1 aliphatic rings. The van der Waals surface area contributed by atoms with Crippen molar-refractivity contribution in [1.82, 2.24) is 0 Å². The fourth-order valence-corrected chi connectivity index (χ4v) is 4.97. The third-order valence-electron chi connectivity index (χ3n) is 7.20. The van der Waals surface area contributed by atoms with Crippen LogP contribution in [-0.2, 0) is 6.42 Å². The number of hydrogen-bond donors (Lipinski definition) is 0. The highest BCUT2D eigenvalue weighted by atomic mass is 19.1. The largest absolute Gasteiger partial charge is 0.206 e. The van der Waals surface area contributed by atoms with Crippen LogP contribution in [0, 0.1) is 40.8 Å². The molecule has 0 atom stereocenters. The van der Waals surface area contributed by atoms with E-state index in [0.29, 0.717) is 5.56 Å². The van der Waals surface area contributed by atoms with E-state index in [9.17, 15) is 4.39 Å². The van der Waals surface area contributed by atoms with Gasteiger partial charge in [-0.25, -0.2) is 4.39 Å². The number of nitriles is 1. The molecule has 0 radical (unpaired) electrons. The molecule has 3 aromatic rings. The first-order valence-electron chi connectivity index (χ1n) is 12.7. The van der Waals surface area contributed by atoms with Crippen LogP contribution in [0.1, 0.15) is 67.2 Å². The molecular weight excluding hydrogens is 429 g/mol. The van der Waals surface area contributed by atoms with Gasteiger partial charge in [-0.1, -0.05) is 80.0 Å². The van der Waals surface area contributed by atoms with E-state index in [1.54, 1.807) is 6.07 Å². The van der Waals surface area contributed by atoms with Gasteiger partial charge in [0, 0.05) is 11.1 Å². The molecule has 0 saturated heterocycles. The van der Waals surface area contributed by atoms with E-state index in [1.165, 1.54) is 61.8 Å². The van der Waals surface area contributed by atoms with Crippen LogP contribution in [0.4, 0.5) is 4.39 Å². The molecule has 0 unspecified atom stereocenters. The van der Waals surface area contributed by atoms with Crippen LogP contribution in [0.15, 0.2) is 79.4 Å². The van der Waals surface area contributed by atoms with Crippen molar-refractivity contribution in [1.29, 1.82) is 5.26 Å². The van der Waals surface area contributed by atoms with Gasteiger partial charge in [0.25, 0.3) is 0 Å². The Morgan fingerprint density at radius 1 is 0.800 bits per heavy atom. The number of aryl methyl sites for hydroxylation is 1. The molecule has 3 aromatic carbocycles. The third kappa shape index (κ3) is 6.94. The molecule has 1 saturated carbocycles. The van der Waals surface area contributed by atoms with Gasteiger partial charge in [0.2, 0.25) is 0 Å². The minimum atomic E-state index is -0.537. The SMILES string of the molecule is C=CCC[C@H]1CC[C@H](CCc2ccc(-c3ccc(C#Cc4ccc(C#N)c(F)c4)cc3)cc2)CC1. The van der Waals surface area contributed by atoms with Crippen LogP contribution in [-0.4, -0.2) is 0 Å². The van der Waals surface area contributed by atoms with Crippen molar-refractivity contribution in [3.63, 3.8) is 0 Å². The summed E-state index contributed by atoms with van der Waals surface area (Å²) in [5, 5.41) is 8.83. The van der Waals surface area contributed by atoms with E-state index in [-0.39, 0.29) is 5.56 Å². The Balaban J connectivity index is 1.29. The molecule has 4 rings (SSSR count). The van der Waals surface area contributed by atoms with Crippen molar-refractivity contribution in [2.45, 2.75) is 51.4 Å². The van der Waals surface area contributed by atoms with Gasteiger partial charge in [0.1, 0.15) is 11.9 Å². The van der Waals surface area contributed by atoms with E-state index < -0.39 is 5.82 Å². The van der Waals surface area contributed by atoms with Crippen LogP contribution in [0.2, 0.25) is 0 Å². The molecule has 35 heavy (non-hydrogen) atoms. The van der Waals surface area contributed by atoms with Gasteiger partial charge in [-0.05, 0) is 84.5 Å². The van der Waals surface area contributed by atoms with Crippen molar-refractivity contribution in [3.05, 3.63) is 107 Å². The first-order chi connectivity index (χ1) is 17.1. The molecular formula is C33H32FN. The van der Waals surface area contributed by atoms with Gasteiger partial charge < -0.3 is 0 Å². The Hall–Kier alpha value is -3.62. The zero-order valence-corrected chi connectivity index (χ0v) is 20.3. The molecule has 0 spiro atoms. The van der Waals surface area contributed by atoms with Gasteiger partial charge >= 0.3 is 0 Å². The zero-order valence-electron chi connectivity index (χ0n) is 20.3. The van der Waals surface area contributed by atoms with Gasteiger partial charge in [-0.3, -0.25) is 0 Å². The smallest absolute Gasteiger partial charge is 0.142 e. The molecule has 0 aromatic heterocycles. The standard InChI is InChI=1S/C33H32FN/c1-2-3-4-25-5-7-26(8-6-25)9-10-27-13-18-30(19-14-27)31-20-15-28(16-21-31)11-12-29-17-22-32(24-35)33(34)23-29/h2,13-23,25-26H,1,3-10H2/t25-,26-. The fraction of sp³-hybridized carbons (Fsp3) is 0.303. The average Bonchev–Trinajstić information content (AvgIpc) is 2.91. The fourth-order valence-electron chi connectivity index (χ4n) is 4.97. The van der Waals surface area contributed by atoms with Gasteiger partial charge in [0.05, 0.1) is 5.56 Å². The van der Waals surface area contributed by atoms with Crippen molar-refractivity contribution < 1.29 is 4.39 Å². The molecule has 0 bridgehead atoms. The summed E-state index contributed by atoms with van der Waals surface area (Å²) in [6.07, 6.45) is 12.5. The maximum absolute atomic E-state index is 13.7. The lowest BCUT2D eigenvalue weighted by molar-refractivity contribution is 0.254. The highest BCUT2D eigenvalue weighted by Crippen LogP contribution is 2.34. The van der Waals surface area contributed by atoms with Crippen molar-refractivity contribution in [3.8, 4) is 29.0 Å². The number of nitrogens with zero attached hydrogens (tertiary/aromatic N) is 1. The van der Waals surface area contributed by atoms with E-state index in [1.807, 2.05) is 18.2 Å². The van der Waals surface area contributed by atoms with Crippen LogP contribution >= 0.6 is 0 Å². The number of benzene rings is 3. The maximum Gasteiger partial charge on any atom is 0.142 e. The first kappa shape index (κ1) is 24.5. The molecule has 0 aliphatic heterocycles. The van der Waals surface area contributed by atoms with Crippen LogP contribution in [0.5, 0.6) is 0 Å². The Kier molecular flexibility index (Phi) is 8.53. The number of rotatable bonds is 7.